The first-order valence-corrected chi connectivity index (χ1v) is 4.25. The Morgan fingerprint density at radius 3 is 2.71 bits per heavy atom. The molecule has 0 aromatic carbocycles. The van der Waals surface area contributed by atoms with Gasteiger partial charge in [0.05, 0.1) is 0 Å². The quantitative estimate of drug-likeness (QED) is 0.719. The lowest BCUT2D eigenvalue weighted by molar-refractivity contribution is 0.911. The van der Waals surface area contributed by atoms with Crippen LogP contribution >= 0.6 is 0 Å². The third-order valence-corrected chi connectivity index (χ3v) is 1.91. The number of aromatic nitrogens is 4. The molecule has 2 aromatic rings. The molecule has 0 spiro atoms. The molecule has 5 nitrogen and oxygen atoms in total. The van der Waals surface area contributed by atoms with E-state index in [1.165, 1.54) is 0 Å². The first-order chi connectivity index (χ1) is 6.66. The molecule has 0 saturated carbocycles. The molecule has 2 rings (SSSR count). The van der Waals surface area contributed by atoms with Crippen molar-refractivity contribution < 1.29 is 0 Å². The van der Waals surface area contributed by atoms with Crippen LogP contribution in [-0.2, 0) is 7.05 Å². The highest BCUT2D eigenvalue weighted by atomic mass is 15.1. The summed E-state index contributed by atoms with van der Waals surface area (Å²) in [4.78, 5) is 12.5. The van der Waals surface area contributed by atoms with Crippen molar-refractivity contribution in [2.75, 3.05) is 5.73 Å². The fourth-order valence-corrected chi connectivity index (χ4v) is 1.32. The number of anilines is 1. The summed E-state index contributed by atoms with van der Waals surface area (Å²) in [6.45, 7) is 1.81. The zero-order valence-electron chi connectivity index (χ0n) is 8.10. The van der Waals surface area contributed by atoms with Crippen molar-refractivity contribution in [1.82, 2.24) is 19.5 Å². The summed E-state index contributed by atoms with van der Waals surface area (Å²) in [6, 6.07) is 1.72. The first kappa shape index (κ1) is 8.68. The number of nitrogen functional groups attached to an aromatic ring is 1. The van der Waals surface area contributed by atoms with Crippen molar-refractivity contribution in [3.8, 4) is 11.5 Å². The maximum Gasteiger partial charge on any atom is 0.158 e. The van der Waals surface area contributed by atoms with Gasteiger partial charge in [0, 0.05) is 25.5 Å². The van der Waals surface area contributed by atoms with Crippen molar-refractivity contribution in [3.63, 3.8) is 0 Å². The average Bonchev–Trinajstić information content (AvgIpc) is 2.49. The van der Waals surface area contributed by atoms with Crippen LogP contribution in [0.5, 0.6) is 0 Å². The normalized spacial score (nSPS) is 10.4. The van der Waals surface area contributed by atoms with E-state index < -0.39 is 0 Å². The number of nitrogens with two attached hydrogens (primary N) is 1. The van der Waals surface area contributed by atoms with E-state index in [0.29, 0.717) is 11.6 Å². The van der Waals surface area contributed by atoms with Crippen LogP contribution in [0.15, 0.2) is 18.5 Å². The second-order valence-corrected chi connectivity index (χ2v) is 3.09. The molecule has 0 radical (unpaired) electrons. The molecule has 2 heterocycles. The van der Waals surface area contributed by atoms with E-state index in [2.05, 4.69) is 15.0 Å². The Kier molecular flexibility index (Phi) is 1.92. The van der Waals surface area contributed by atoms with E-state index in [0.717, 1.165) is 11.5 Å². The summed E-state index contributed by atoms with van der Waals surface area (Å²) in [5, 5.41) is 0. The van der Waals surface area contributed by atoms with Crippen LogP contribution in [0.2, 0.25) is 0 Å². The van der Waals surface area contributed by atoms with Crippen LogP contribution in [0, 0.1) is 6.92 Å². The molecule has 0 aliphatic carbocycles. The molecule has 0 fully saturated rings. The minimum absolute atomic E-state index is 0.468. The largest absolute Gasteiger partial charge is 0.384 e. The molecule has 2 aromatic heterocycles. The Labute approximate surface area is 81.6 Å². The molecule has 0 atom stereocenters. The van der Waals surface area contributed by atoms with Crippen molar-refractivity contribution in [2.45, 2.75) is 6.92 Å². The van der Waals surface area contributed by atoms with Gasteiger partial charge in [0.2, 0.25) is 0 Å². The number of aryl methyl sites for hydroxylation is 2. The van der Waals surface area contributed by atoms with Gasteiger partial charge in [-0.1, -0.05) is 0 Å². The van der Waals surface area contributed by atoms with Crippen LogP contribution in [-0.4, -0.2) is 19.5 Å². The Morgan fingerprint density at radius 1 is 1.36 bits per heavy atom. The fraction of sp³-hybridized carbons (Fsp3) is 0.222. The lowest BCUT2D eigenvalue weighted by Gasteiger charge is -2.02. The van der Waals surface area contributed by atoms with Gasteiger partial charge in [0.25, 0.3) is 0 Å². The van der Waals surface area contributed by atoms with E-state index in [-0.39, 0.29) is 0 Å². The molecule has 2 N–H and O–H groups in total. The number of hydrogen-bond acceptors (Lipinski definition) is 4. The summed E-state index contributed by atoms with van der Waals surface area (Å²) >= 11 is 0. The minimum atomic E-state index is 0.468. The standard InChI is InChI=1S/C9H11N5/c1-6-12-7(5-8(10)13-6)9-11-3-4-14(9)2/h3-5H,1-2H3,(H2,10,12,13). The maximum absolute atomic E-state index is 5.63. The van der Waals surface area contributed by atoms with Gasteiger partial charge in [-0.3, -0.25) is 0 Å². The summed E-state index contributed by atoms with van der Waals surface area (Å²) in [5.74, 6) is 1.92. The summed E-state index contributed by atoms with van der Waals surface area (Å²) in [5.41, 5.74) is 6.38. The van der Waals surface area contributed by atoms with Crippen LogP contribution < -0.4 is 5.73 Å². The van der Waals surface area contributed by atoms with Gasteiger partial charge in [0.15, 0.2) is 5.82 Å². The lowest BCUT2D eigenvalue weighted by Crippen LogP contribution is -2.00. The highest BCUT2D eigenvalue weighted by Gasteiger charge is 2.06. The molecule has 0 saturated heterocycles. The van der Waals surface area contributed by atoms with Gasteiger partial charge in [-0.2, -0.15) is 0 Å². The van der Waals surface area contributed by atoms with Crippen molar-refractivity contribution >= 4 is 5.82 Å². The van der Waals surface area contributed by atoms with Gasteiger partial charge in [0.1, 0.15) is 17.3 Å². The first-order valence-electron chi connectivity index (χ1n) is 4.25. The van der Waals surface area contributed by atoms with Gasteiger partial charge < -0.3 is 10.3 Å². The predicted octanol–water partition coefficient (Wildman–Crippen LogP) is 0.768. The van der Waals surface area contributed by atoms with E-state index in [4.69, 9.17) is 5.73 Å². The monoisotopic (exact) mass is 189 g/mol. The van der Waals surface area contributed by atoms with Gasteiger partial charge in [-0.25, -0.2) is 15.0 Å². The average molecular weight is 189 g/mol. The van der Waals surface area contributed by atoms with Crippen LogP contribution in [0.1, 0.15) is 5.82 Å². The number of hydrogen-bond donors (Lipinski definition) is 1. The van der Waals surface area contributed by atoms with E-state index in [9.17, 15) is 0 Å². The van der Waals surface area contributed by atoms with E-state index in [1.54, 1.807) is 12.3 Å². The second-order valence-electron chi connectivity index (χ2n) is 3.09. The smallest absolute Gasteiger partial charge is 0.158 e. The van der Waals surface area contributed by atoms with Crippen molar-refractivity contribution in [2.24, 2.45) is 7.05 Å². The molecule has 0 unspecified atom stereocenters. The Balaban J connectivity index is 2.57. The number of nitrogens with zero attached hydrogens (tertiary/aromatic N) is 4. The third kappa shape index (κ3) is 1.44. The fourth-order valence-electron chi connectivity index (χ4n) is 1.32. The topological polar surface area (TPSA) is 69.6 Å². The summed E-state index contributed by atoms with van der Waals surface area (Å²) < 4.78 is 1.89. The van der Waals surface area contributed by atoms with Crippen molar-refractivity contribution in [1.29, 1.82) is 0 Å². The SMILES string of the molecule is Cc1nc(N)cc(-c2nccn2C)n1. The minimum Gasteiger partial charge on any atom is -0.384 e. The summed E-state index contributed by atoms with van der Waals surface area (Å²) in [7, 11) is 1.91. The second kappa shape index (κ2) is 3.10. The Morgan fingerprint density at radius 2 is 2.14 bits per heavy atom. The molecule has 0 aliphatic heterocycles. The van der Waals surface area contributed by atoms with E-state index in [1.807, 2.05) is 24.7 Å². The third-order valence-electron chi connectivity index (χ3n) is 1.91. The molecule has 14 heavy (non-hydrogen) atoms. The zero-order valence-corrected chi connectivity index (χ0v) is 8.10. The Bertz CT molecular complexity index is 440. The van der Waals surface area contributed by atoms with Crippen LogP contribution in [0.4, 0.5) is 5.82 Å². The summed E-state index contributed by atoms with van der Waals surface area (Å²) in [6.07, 6.45) is 3.59. The Hall–Kier alpha value is -1.91. The molecule has 0 amide bonds. The lowest BCUT2D eigenvalue weighted by atomic mass is 10.3. The molecule has 0 bridgehead atoms. The molecule has 72 valence electrons. The maximum atomic E-state index is 5.63. The van der Waals surface area contributed by atoms with Crippen LogP contribution in [0.3, 0.4) is 0 Å². The highest BCUT2D eigenvalue weighted by Crippen LogP contribution is 2.15. The van der Waals surface area contributed by atoms with Gasteiger partial charge >= 0.3 is 0 Å². The zero-order chi connectivity index (χ0) is 10.1. The predicted molar refractivity (Wildman–Crippen MR) is 53.4 cm³/mol. The highest BCUT2D eigenvalue weighted by molar-refractivity contribution is 5.54. The van der Waals surface area contributed by atoms with Crippen molar-refractivity contribution in [3.05, 3.63) is 24.3 Å². The number of imidazole rings is 1. The number of rotatable bonds is 1. The van der Waals surface area contributed by atoms with E-state index >= 15 is 0 Å². The van der Waals surface area contributed by atoms with Crippen LogP contribution in [0.25, 0.3) is 11.5 Å². The van der Waals surface area contributed by atoms with Gasteiger partial charge in [-0.05, 0) is 6.92 Å². The molecule has 0 aliphatic rings. The molecule has 5 heteroatoms. The molecular formula is C9H11N5. The van der Waals surface area contributed by atoms with Gasteiger partial charge in [-0.15, -0.1) is 0 Å². The molecular weight excluding hydrogens is 178 g/mol.